The first kappa shape index (κ1) is 18.9. The quantitative estimate of drug-likeness (QED) is 0.602. The van der Waals surface area contributed by atoms with Crippen molar-refractivity contribution in [2.24, 2.45) is 0 Å². The predicted octanol–water partition coefficient (Wildman–Crippen LogP) is 3.33. The number of hydrogen-bond acceptors (Lipinski definition) is 4. The first-order valence-corrected chi connectivity index (χ1v) is 9.67. The summed E-state index contributed by atoms with van der Waals surface area (Å²) in [7, 11) is 0. The van der Waals surface area contributed by atoms with E-state index in [0.29, 0.717) is 23.0 Å². The maximum atomic E-state index is 12.2. The highest BCUT2D eigenvalue weighted by atomic mass is 16.2. The zero-order chi connectivity index (χ0) is 20.4. The number of benzene rings is 2. The Morgan fingerprint density at radius 1 is 1.07 bits per heavy atom. The van der Waals surface area contributed by atoms with Crippen LogP contribution in [0.3, 0.4) is 0 Å². The molecule has 3 aromatic rings. The molecule has 0 spiro atoms. The van der Waals surface area contributed by atoms with Crippen molar-refractivity contribution in [2.75, 3.05) is 11.9 Å². The second-order valence-corrected chi connectivity index (χ2v) is 7.43. The zero-order valence-corrected chi connectivity index (χ0v) is 16.5. The third-order valence-corrected chi connectivity index (χ3v) is 5.07. The van der Waals surface area contributed by atoms with Crippen LogP contribution in [0.25, 0.3) is 11.4 Å². The van der Waals surface area contributed by atoms with E-state index in [-0.39, 0.29) is 18.4 Å². The third-order valence-electron chi connectivity index (χ3n) is 5.07. The minimum atomic E-state index is -0.288. The number of carbonyl (C=O) groups excluding carboxylic acids is 2. The molecule has 0 radical (unpaired) electrons. The van der Waals surface area contributed by atoms with Crippen LogP contribution in [0.5, 0.6) is 0 Å². The Kier molecular flexibility index (Phi) is 5.12. The van der Waals surface area contributed by atoms with Gasteiger partial charge in [-0.15, -0.1) is 0 Å². The average Bonchev–Trinajstić information content (AvgIpc) is 3.46. The maximum Gasteiger partial charge on any atom is 0.251 e. The van der Waals surface area contributed by atoms with Crippen molar-refractivity contribution in [1.82, 2.24) is 20.5 Å². The number of amides is 2. The van der Waals surface area contributed by atoms with E-state index < -0.39 is 0 Å². The summed E-state index contributed by atoms with van der Waals surface area (Å²) in [5, 5.41) is 12.7. The summed E-state index contributed by atoms with van der Waals surface area (Å²) in [5.74, 6) is 1.56. The van der Waals surface area contributed by atoms with Crippen LogP contribution in [0, 0.1) is 13.8 Å². The van der Waals surface area contributed by atoms with Gasteiger partial charge in [0, 0.05) is 22.7 Å². The second-order valence-electron chi connectivity index (χ2n) is 7.43. The van der Waals surface area contributed by atoms with E-state index in [2.05, 4.69) is 25.8 Å². The number of H-pyrrole nitrogens is 1. The van der Waals surface area contributed by atoms with Crippen molar-refractivity contribution in [3.05, 3.63) is 65.0 Å². The van der Waals surface area contributed by atoms with Crippen molar-refractivity contribution >= 4 is 17.5 Å². The van der Waals surface area contributed by atoms with Crippen molar-refractivity contribution in [1.29, 1.82) is 0 Å². The zero-order valence-electron chi connectivity index (χ0n) is 16.5. The van der Waals surface area contributed by atoms with Gasteiger partial charge in [-0.1, -0.05) is 6.07 Å². The van der Waals surface area contributed by atoms with E-state index in [9.17, 15) is 9.59 Å². The second kappa shape index (κ2) is 7.87. The Labute approximate surface area is 168 Å². The number of aromatic nitrogens is 3. The number of hydrogen-bond donors (Lipinski definition) is 3. The molecule has 0 bridgehead atoms. The number of rotatable bonds is 6. The molecule has 7 nitrogen and oxygen atoms in total. The van der Waals surface area contributed by atoms with E-state index in [0.717, 1.165) is 22.5 Å². The van der Waals surface area contributed by atoms with Gasteiger partial charge in [-0.3, -0.25) is 14.7 Å². The van der Waals surface area contributed by atoms with Crippen LogP contribution in [-0.2, 0) is 4.79 Å². The number of aromatic amines is 1. The SMILES string of the molecule is Cc1ccc(C(=O)NCC(=O)Nc2ccc(-c3n[nH]c(C4CC4)n3)cc2)cc1C. The highest BCUT2D eigenvalue weighted by Crippen LogP contribution is 2.38. The Hall–Kier alpha value is -3.48. The van der Waals surface area contributed by atoms with Crippen LogP contribution in [0.4, 0.5) is 5.69 Å². The van der Waals surface area contributed by atoms with E-state index >= 15 is 0 Å². The molecule has 1 saturated carbocycles. The standard InChI is InChI=1S/C22H23N5O2/c1-13-3-4-17(11-14(13)2)22(29)23-12-19(28)24-18-9-7-16(8-10-18)21-25-20(26-27-21)15-5-6-15/h3-4,7-11,15H,5-6,12H2,1-2H3,(H,23,29)(H,24,28)(H,25,26,27). The first-order valence-electron chi connectivity index (χ1n) is 9.67. The number of carbonyl (C=O) groups is 2. The van der Waals surface area contributed by atoms with Crippen LogP contribution < -0.4 is 10.6 Å². The van der Waals surface area contributed by atoms with Crippen molar-refractivity contribution in [3.63, 3.8) is 0 Å². The van der Waals surface area contributed by atoms with Gasteiger partial charge < -0.3 is 10.6 Å². The minimum absolute atomic E-state index is 0.0980. The molecule has 3 N–H and O–H groups in total. The van der Waals surface area contributed by atoms with Crippen LogP contribution in [0.1, 0.15) is 46.1 Å². The number of nitrogens with zero attached hydrogens (tertiary/aromatic N) is 2. The fraction of sp³-hybridized carbons (Fsp3) is 0.273. The molecule has 2 aromatic carbocycles. The fourth-order valence-electron chi connectivity index (χ4n) is 3.00. The molecule has 29 heavy (non-hydrogen) atoms. The molecule has 1 fully saturated rings. The average molecular weight is 389 g/mol. The van der Waals surface area contributed by atoms with Gasteiger partial charge in [0.1, 0.15) is 5.82 Å². The van der Waals surface area contributed by atoms with Crippen LogP contribution in [-0.4, -0.2) is 33.5 Å². The molecule has 0 unspecified atom stereocenters. The molecule has 0 atom stereocenters. The summed E-state index contributed by atoms with van der Waals surface area (Å²) in [6, 6.07) is 12.8. The highest BCUT2D eigenvalue weighted by Gasteiger charge is 2.27. The normalized spacial score (nSPS) is 13.2. The van der Waals surface area contributed by atoms with E-state index in [4.69, 9.17) is 0 Å². The summed E-state index contributed by atoms with van der Waals surface area (Å²) < 4.78 is 0. The van der Waals surface area contributed by atoms with Gasteiger partial charge in [0.2, 0.25) is 5.91 Å². The Balaban J connectivity index is 1.30. The molecule has 4 rings (SSSR count). The van der Waals surface area contributed by atoms with E-state index in [1.54, 1.807) is 18.2 Å². The third kappa shape index (κ3) is 4.51. The van der Waals surface area contributed by atoms with E-state index in [1.165, 1.54) is 12.8 Å². The van der Waals surface area contributed by atoms with Gasteiger partial charge in [-0.2, -0.15) is 5.10 Å². The number of nitrogens with one attached hydrogen (secondary N) is 3. The van der Waals surface area contributed by atoms with Crippen molar-refractivity contribution in [2.45, 2.75) is 32.6 Å². The topological polar surface area (TPSA) is 99.8 Å². The monoisotopic (exact) mass is 389 g/mol. The summed E-state index contributed by atoms with van der Waals surface area (Å²) in [6.07, 6.45) is 2.33. The molecule has 0 saturated heterocycles. The van der Waals surface area contributed by atoms with Gasteiger partial charge in [-0.25, -0.2) is 4.98 Å². The van der Waals surface area contributed by atoms with Crippen LogP contribution >= 0.6 is 0 Å². The Morgan fingerprint density at radius 3 is 2.52 bits per heavy atom. The molecule has 1 aliphatic rings. The van der Waals surface area contributed by atoms with Crippen LogP contribution in [0.2, 0.25) is 0 Å². The molecule has 7 heteroatoms. The largest absolute Gasteiger partial charge is 0.343 e. The van der Waals surface area contributed by atoms with Gasteiger partial charge >= 0.3 is 0 Å². The summed E-state index contributed by atoms with van der Waals surface area (Å²) in [4.78, 5) is 28.9. The molecule has 1 aromatic heterocycles. The molecule has 1 aliphatic carbocycles. The van der Waals surface area contributed by atoms with Crippen molar-refractivity contribution in [3.8, 4) is 11.4 Å². The lowest BCUT2D eigenvalue weighted by molar-refractivity contribution is -0.115. The number of aryl methyl sites for hydroxylation is 2. The minimum Gasteiger partial charge on any atom is -0.343 e. The van der Waals surface area contributed by atoms with E-state index in [1.807, 2.05) is 38.1 Å². The Bertz CT molecular complexity index is 1050. The Morgan fingerprint density at radius 2 is 1.83 bits per heavy atom. The summed E-state index contributed by atoms with van der Waals surface area (Å²) in [5.41, 5.74) is 4.24. The lowest BCUT2D eigenvalue weighted by Crippen LogP contribution is -2.32. The fourth-order valence-corrected chi connectivity index (χ4v) is 3.00. The lowest BCUT2D eigenvalue weighted by atomic mass is 10.1. The van der Waals surface area contributed by atoms with Crippen LogP contribution in [0.15, 0.2) is 42.5 Å². The summed E-state index contributed by atoms with van der Waals surface area (Å²) in [6.45, 7) is 3.84. The molecule has 0 aliphatic heterocycles. The lowest BCUT2D eigenvalue weighted by Gasteiger charge is -2.08. The number of anilines is 1. The molecule has 1 heterocycles. The highest BCUT2D eigenvalue weighted by molar-refractivity contribution is 5.99. The molecular weight excluding hydrogens is 366 g/mol. The van der Waals surface area contributed by atoms with Gasteiger partial charge in [0.25, 0.3) is 5.91 Å². The molecular formula is C22H23N5O2. The smallest absolute Gasteiger partial charge is 0.251 e. The molecule has 2 amide bonds. The predicted molar refractivity (Wildman–Crippen MR) is 111 cm³/mol. The van der Waals surface area contributed by atoms with Gasteiger partial charge in [0.15, 0.2) is 5.82 Å². The molecule has 148 valence electrons. The van der Waals surface area contributed by atoms with Crippen molar-refractivity contribution < 1.29 is 9.59 Å². The first-order chi connectivity index (χ1) is 14.0. The van der Waals surface area contributed by atoms with Gasteiger partial charge in [0.05, 0.1) is 6.54 Å². The summed E-state index contributed by atoms with van der Waals surface area (Å²) >= 11 is 0. The maximum absolute atomic E-state index is 12.2. The van der Waals surface area contributed by atoms with Gasteiger partial charge in [-0.05, 0) is 74.2 Å².